The molecule has 0 spiro atoms. The second kappa shape index (κ2) is 9.23. The highest BCUT2D eigenvalue weighted by Crippen LogP contribution is 2.35. The van der Waals surface area contributed by atoms with Crippen LogP contribution in [0.3, 0.4) is 0 Å². The Hall–Kier alpha value is -2.30. The molecule has 1 amide bonds. The first-order chi connectivity index (χ1) is 14.6. The van der Waals surface area contributed by atoms with Crippen molar-refractivity contribution in [1.29, 1.82) is 0 Å². The van der Waals surface area contributed by atoms with E-state index >= 15 is 0 Å². The molecular weight excluding hydrogens is 394 g/mol. The van der Waals surface area contributed by atoms with E-state index in [2.05, 4.69) is 60.3 Å². The highest BCUT2D eigenvalue weighted by Gasteiger charge is 2.26. The predicted octanol–water partition coefficient (Wildman–Crippen LogP) is 5.07. The Labute approximate surface area is 183 Å². The summed E-state index contributed by atoms with van der Waals surface area (Å²) in [5.74, 6) is 0.228. The van der Waals surface area contributed by atoms with Gasteiger partial charge in [0.15, 0.2) is 0 Å². The van der Waals surface area contributed by atoms with E-state index in [0.717, 1.165) is 44.7 Å². The summed E-state index contributed by atoms with van der Waals surface area (Å²) in [6.07, 6.45) is 3.53. The van der Waals surface area contributed by atoms with Gasteiger partial charge in [-0.2, -0.15) is 0 Å². The van der Waals surface area contributed by atoms with E-state index in [-0.39, 0.29) is 11.8 Å². The van der Waals surface area contributed by atoms with Crippen LogP contribution in [0.1, 0.15) is 42.9 Å². The van der Waals surface area contributed by atoms with E-state index in [4.69, 9.17) is 11.6 Å². The number of aryl methyl sites for hydroxylation is 1. The average molecular weight is 424 g/mol. The molecule has 1 fully saturated rings. The number of H-pyrrole nitrogens is 1. The first-order valence-corrected chi connectivity index (χ1v) is 11.3. The topological polar surface area (TPSA) is 39.3 Å². The Morgan fingerprint density at radius 2 is 1.80 bits per heavy atom. The molecule has 1 aliphatic rings. The third-order valence-electron chi connectivity index (χ3n) is 6.41. The Balaban J connectivity index is 1.66. The molecule has 4 nitrogen and oxygen atoms in total. The molecule has 1 N–H and O–H groups in total. The summed E-state index contributed by atoms with van der Waals surface area (Å²) in [4.78, 5) is 21.2. The van der Waals surface area contributed by atoms with E-state index in [1.165, 1.54) is 22.0 Å². The lowest BCUT2D eigenvalue weighted by atomic mass is 9.87. The van der Waals surface area contributed by atoms with Gasteiger partial charge in [-0.25, -0.2) is 0 Å². The molecule has 5 heteroatoms. The summed E-state index contributed by atoms with van der Waals surface area (Å²) in [5, 5.41) is 1.92. The van der Waals surface area contributed by atoms with Crippen molar-refractivity contribution in [2.24, 2.45) is 0 Å². The molecule has 1 aliphatic heterocycles. The number of aromatic amines is 1. The molecular formula is C25H30ClN3O. The second-order valence-corrected chi connectivity index (χ2v) is 8.50. The van der Waals surface area contributed by atoms with Gasteiger partial charge in [0.05, 0.1) is 0 Å². The van der Waals surface area contributed by atoms with Crippen LogP contribution in [0.2, 0.25) is 5.02 Å². The predicted molar refractivity (Wildman–Crippen MR) is 124 cm³/mol. The number of fused-ring (bicyclic) bond motifs is 1. The smallest absolute Gasteiger partial charge is 0.223 e. The maximum Gasteiger partial charge on any atom is 0.223 e. The third kappa shape index (κ3) is 4.26. The number of carbonyl (C=O) groups is 1. The maximum absolute atomic E-state index is 13.3. The lowest BCUT2D eigenvalue weighted by Crippen LogP contribution is -2.48. The molecule has 2 aromatic carbocycles. The summed E-state index contributed by atoms with van der Waals surface area (Å²) in [6.45, 7) is 8.94. The van der Waals surface area contributed by atoms with Crippen LogP contribution in [-0.4, -0.2) is 53.4 Å². The van der Waals surface area contributed by atoms with Crippen LogP contribution in [0.25, 0.3) is 10.9 Å². The molecule has 158 valence electrons. The molecule has 3 aromatic rings. The van der Waals surface area contributed by atoms with Gasteiger partial charge in [-0.05, 0) is 41.8 Å². The van der Waals surface area contributed by atoms with Gasteiger partial charge in [0.25, 0.3) is 0 Å². The Morgan fingerprint density at radius 3 is 2.47 bits per heavy atom. The van der Waals surface area contributed by atoms with Crippen LogP contribution in [0.4, 0.5) is 0 Å². The van der Waals surface area contributed by atoms with Crippen LogP contribution in [0, 0.1) is 0 Å². The number of nitrogens with one attached hydrogen (secondary N) is 1. The van der Waals surface area contributed by atoms with Crippen LogP contribution in [0.15, 0.2) is 48.7 Å². The SMILES string of the molecule is CCc1cccc2c([C@H](CC(=O)N3CCN(CC)CC3)c3ccc(Cl)cc3)c[nH]c12. The van der Waals surface area contributed by atoms with Crippen LogP contribution < -0.4 is 0 Å². The molecule has 4 rings (SSSR count). The lowest BCUT2D eigenvalue weighted by molar-refractivity contribution is -0.133. The average Bonchev–Trinajstić information content (AvgIpc) is 3.22. The zero-order valence-corrected chi connectivity index (χ0v) is 18.6. The molecule has 30 heavy (non-hydrogen) atoms. The van der Waals surface area contributed by atoms with Gasteiger partial charge >= 0.3 is 0 Å². The van der Waals surface area contributed by atoms with Crippen LogP contribution in [-0.2, 0) is 11.2 Å². The number of amides is 1. The highest BCUT2D eigenvalue weighted by atomic mass is 35.5. The minimum atomic E-state index is -0.000160. The number of nitrogens with zero attached hydrogens (tertiary/aromatic N) is 2. The molecule has 0 aliphatic carbocycles. The van der Waals surface area contributed by atoms with Crippen molar-refractivity contribution in [1.82, 2.24) is 14.8 Å². The van der Waals surface area contributed by atoms with E-state index in [9.17, 15) is 4.79 Å². The van der Waals surface area contributed by atoms with E-state index in [0.29, 0.717) is 11.4 Å². The fourth-order valence-corrected chi connectivity index (χ4v) is 4.67. The van der Waals surface area contributed by atoms with Crippen molar-refractivity contribution in [3.63, 3.8) is 0 Å². The summed E-state index contributed by atoms with van der Waals surface area (Å²) in [5.41, 5.74) is 4.79. The molecule has 0 radical (unpaired) electrons. The van der Waals surface area contributed by atoms with Crippen molar-refractivity contribution >= 4 is 28.4 Å². The number of hydrogen-bond donors (Lipinski definition) is 1. The van der Waals surface area contributed by atoms with Crippen molar-refractivity contribution in [2.75, 3.05) is 32.7 Å². The molecule has 1 saturated heterocycles. The fourth-order valence-electron chi connectivity index (χ4n) is 4.54. The molecule has 1 aromatic heterocycles. The summed E-state index contributed by atoms with van der Waals surface area (Å²) in [6, 6.07) is 14.4. The Bertz CT molecular complexity index is 1000. The quantitative estimate of drug-likeness (QED) is 0.601. The molecule has 1 atom stereocenters. The zero-order valence-electron chi connectivity index (χ0n) is 17.8. The minimum absolute atomic E-state index is 0.000160. The zero-order chi connectivity index (χ0) is 21.1. The number of benzene rings is 2. The first-order valence-electron chi connectivity index (χ1n) is 10.9. The Kier molecular flexibility index (Phi) is 6.45. The second-order valence-electron chi connectivity index (χ2n) is 8.06. The minimum Gasteiger partial charge on any atom is -0.361 e. The highest BCUT2D eigenvalue weighted by molar-refractivity contribution is 6.30. The monoisotopic (exact) mass is 423 g/mol. The number of likely N-dealkylation sites (N-methyl/N-ethyl adjacent to an activating group) is 1. The fraction of sp³-hybridized carbons (Fsp3) is 0.400. The number of aromatic nitrogens is 1. The third-order valence-corrected chi connectivity index (χ3v) is 6.67. The first kappa shape index (κ1) is 21.0. The molecule has 2 heterocycles. The van der Waals surface area contributed by atoms with Crippen LogP contribution in [0.5, 0.6) is 0 Å². The van der Waals surface area contributed by atoms with E-state index < -0.39 is 0 Å². The number of hydrogen-bond acceptors (Lipinski definition) is 2. The normalized spacial score (nSPS) is 16.2. The standard InChI is InChI=1S/C25H30ClN3O/c1-3-18-6-5-7-21-23(17-27-25(18)21)22(19-8-10-20(26)11-9-19)16-24(30)29-14-12-28(4-2)13-15-29/h5-11,17,22,27H,3-4,12-16H2,1-2H3/t22-/m1/s1. The van der Waals surface area contributed by atoms with Gasteiger partial charge in [-0.15, -0.1) is 0 Å². The molecule has 0 unspecified atom stereocenters. The van der Waals surface area contributed by atoms with Crippen molar-refractivity contribution < 1.29 is 4.79 Å². The number of para-hydroxylation sites is 1. The van der Waals surface area contributed by atoms with Crippen molar-refractivity contribution in [2.45, 2.75) is 32.6 Å². The van der Waals surface area contributed by atoms with Gasteiger partial charge in [-0.1, -0.05) is 55.8 Å². The van der Waals surface area contributed by atoms with Gasteiger partial charge in [0.2, 0.25) is 5.91 Å². The number of piperazine rings is 1. The maximum atomic E-state index is 13.3. The molecule has 0 bridgehead atoms. The van der Waals surface area contributed by atoms with Gasteiger partial charge in [0, 0.05) is 60.6 Å². The van der Waals surface area contributed by atoms with Gasteiger partial charge in [0.1, 0.15) is 0 Å². The lowest BCUT2D eigenvalue weighted by Gasteiger charge is -2.34. The summed E-state index contributed by atoms with van der Waals surface area (Å²) < 4.78 is 0. The Morgan fingerprint density at radius 1 is 1.07 bits per heavy atom. The number of carbonyl (C=O) groups excluding carboxylic acids is 1. The molecule has 0 saturated carbocycles. The van der Waals surface area contributed by atoms with E-state index in [1.807, 2.05) is 17.0 Å². The van der Waals surface area contributed by atoms with Crippen molar-refractivity contribution in [3.05, 3.63) is 70.4 Å². The van der Waals surface area contributed by atoms with Crippen molar-refractivity contribution in [3.8, 4) is 0 Å². The number of rotatable bonds is 6. The van der Waals surface area contributed by atoms with E-state index in [1.54, 1.807) is 0 Å². The summed E-state index contributed by atoms with van der Waals surface area (Å²) in [7, 11) is 0. The summed E-state index contributed by atoms with van der Waals surface area (Å²) >= 11 is 6.14. The van der Waals surface area contributed by atoms with Gasteiger partial charge in [-0.3, -0.25) is 4.79 Å². The largest absolute Gasteiger partial charge is 0.361 e. The van der Waals surface area contributed by atoms with Gasteiger partial charge < -0.3 is 14.8 Å². The van der Waals surface area contributed by atoms with Crippen LogP contribution >= 0.6 is 11.6 Å². The number of halogens is 1.